The quantitative estimate of drug-likeness (QED) is 0.0680. The lowest BCUT2D eigenvalue weighted by atomic mass is 9.91. The topological polar surface area (TPSA) is 210 Å². The standard InChI is InChI=1S/C35H46O16/c1-12-26(36)44-13-34(14-45-27(37)21(2)3,15-46-28(38)22(4)5)19-50-32(42)33(43)51-20-35(16-47-29(39)23(6)7,17-48-30(40)24(8)9)18-49-31(41)25(10)11/h2,4,6,8,10,12-20H2,1,3,5,7,9,11H3. The van der Waals surface area contributed by atoms with Crippen molar-refractivity contribution in [2.45, 2.75) is 48.0 Å². The van der Waals surface area contributed by atoms with E-state index in [4.69, 9.17) is 37.9 Å². The van der Waals surface area contributed by atoms with Crippen LogP contribution in [0.1, 0.15) is 48.0 Å². The van der Waals surface area contributed by atoms with Crippen molar-refractivity contribution in [3.8, 4) is 0 Å². The Morgan fingerprint density at radius 1 is 0.353 bits per heavy atom. The molecule has 0 saturated heterocycles. The highest BCUT2D eigenvalue weighted by Crippen LogP contribution is 2.25. The number of hydrogen-bond donors (Lipinski definition) is 0. The molecule has 0 aliphatic rings. The van der Waals surface area contributed by atoms with Crippen LogP contribution in [0.4, 0.5) is 0 Å². The van der Waals surface area contributed by atoms with Gasteiger partial charge in [0.2, 0.25) is 0 Å². The maximum Gasteiger partial charge on any atom is 0.417 e. The zero-order chi connectivity index (χ0) is 39.5. The molecule has 0 aliphatic heterocycles. The van der Waals surface area contributed by atoms with Crippen LogP contribution in [0.3, 0.4) is 0 Å². The third kappa shape index (κ3) is 17.1. The first-order valence-corrected chi connectivity index (χ1v) is 15.2. The minimum absolute atomic E-state index is 0.00534. The maximum atomic E-state index is 12.9. The Morgan fingerprint density at radius 2 is 0.529 bits per heavy atom. The molecule has 16 heteroatoms. The molecular weight excluding hydrogens is 676 g/mol. The van der Waals surface area contributed by atoms with Gasteiger partial charge < -0.3 is 37.9 Å². The van der Waals surface area contributed by atoms with E-state index in [-0.39, 0.29) is 34.3 Å². The molecule has 0 saturated carbocycles. The highest BCUT2D eigenvalue weighted by molar-refractivity contribution is 6.29. The predicted octanol–water partition coefficient (Wildman–Crippen LogP) is 2.60. The average molecular weight is 723 g/mol. The van der Waals surface area contributed by atoms with Gasteiger partial charge in [0.1, 0.15) is 63.7 Å². The first kappa shape index (κ1) is 45.5. The number of esters is 8. The Hall–Kier alpha value is -5.54. The molecule has 0 aliphatic carbocycles. The summed E-state index contributed by atoms with van der Waals surface area (Å²) in [5.41, 5.74) is -3.56. The zero-order valence-corrected chi connectivity index (χ0v) is 29.9. The minimum Gasteiger partial charge on any atom is -0.465 e. The number of rotatable bonds is 22. The number of hydrogen-bond acceptors (Lipinski definition) is 16. The molecular formula is C35H46O16. The smallest absolute Gasteiger partial charge is 0.417 e. The van der Waals surface area contributed by atoms with Gasteiger partial charge in [-0.1, -0.05) is 39.8 Å². The fourth-order valence-corrected chi connectivity index (χ4v) is 3.10. The summed E-state index contributed by atoms with van der Waals surface area (Å²) in [5.74, 6) is -8.36. The van der Waals surface area contributed by atoms with Crippen LogP contribution in [-0.4, -0.2) is 101 Å². The van der Waals surface area contributed by atoms with E-state index in [9.17, 15) is 38.4 Å². The normalized spacial score (nSPS) is 10.7. The van der Waals surface area contributed by atoms with Gasteiger partial charge in [-0.3, -0.25) is 4.79 Å². The highest BCUT2D eigenvalue weighted by Gasteiger charge is 2.41. The van der Waals surface area contributed by atoms with Crippen LogP contribution >= 0.6 is 0 Å². The predicted molar refractivity (Wildman–Crippen MR) is 177 cm³/mol. The molecule has 282 valence electrons. The average Bonchev–Trinajstić information content (AvgIpc) is 3.08. The summed E-state index contributed by atoms with van der Waals surface area (Å²) in [6.45, 7) is 20.1. The Labute approximate surface area is 296 Å². The molecule has 0 atom stereocenters. The van der Waals surface area contributed by atoms with Crippen LogP contribution in [-0.2, 0) is 76.3 Å². The van der Waals surface area contributed by atoms with Crippen LogP contribution in [0.2, 0.25) is 0 Å². The van der Waals surface area contributed by atoms with E-state index in [1.165, 1.54) is 41.5 Å². The van der Waals surface area contributed by atoms with E-state index in [0.717, 1.165) is 0 Å². The van der Waals surface area contributed by atoms with E-state index in [2.05, 4.69) is 32.9 Å². The number of ether oxygens (including phenoxy) is 8. The molecule has 0 aromatic heterocycles. The van der Waals surface area contributed by atoms with Crippen molar-refractivity contribution in [1.82, 2.24) is 0 Å². The van der Waals surface area contributed by atoms with Crippen LogP contribution in [0, 0.1) is 10.8 Å². The van der Waals surface area contributed by atoms with E-state index < -0.39 is 111 Å². The van der Waals surface area contributed by atoms with Crippen molar-refractivity contribution in [2.24, 2.45) is 10.8 Å². The molecule has 51 heavy (non-hydrogen) atoms. The lowest BCUT2D eigenvalue weighted by molar-refractivity contribution is -0.183. The van der Waals surface area contributed by atoms with Crippen LogP contribution in [0.5, 0.6) is 0 Å². The molecule has 0 bridgehead atoms. The van der Waals surface area contributed by atoms with Crippen LogP contribution < -0.4 is 0 Å². The van der Waals surface area contributed by atoms with Crippen molar-refractivity contribution in [3.63, 3.8) is 0 Å². The highest BCUT2D eigenvalue weighted by atomic mass is 16.6. The van der Waals surface area contributed by atoms with Crippen molar-refractivity contribution in [3.05, 3.63) is 60.8 Å². The molecule has 0 fully saturated rings. The summed E-state index contributed by atoms with van der Waals surface area (Å²) >= 11 is 0. The third-order valence-electron chi connectivity index (χ3n) is 6.30. The molecule has 0 spiro atoms. The fraction of sp³-hybridized carbons (Fsp3) is 0.486. The van der Waals surface area contributed by atoms with Gasteiger partial charge >= 0.3 is 47.8 Å². The van der Waals surface area contributed by atoms with Gasteiger partial charge in [0.15, 0.2) is 0 Å². The molecule has 0 rings (SSSR count). The summed E-state index contributed by atoms with van der Waals surface area (Å²) in [5, 5.41) is 0. The summed E-state index contributed by atoms with van der Waals surface area (Å²) in [6.07, 6.45) is -0.0634. The molecule has 0 heterocycles. The second-order valence-corrected chi connectivity index (χ2v) is 11.9. The molecule has 0 N–H and O–H groups in total. The first-order chi connectivity index (χ1) is 23.6. The SMILES string of the molecule is C=C(C)C(=O)OCC(COC(=O)CC)(COC(=O)C(=C)C)COC(=O)C(=O)OCC(COC(=O)C(=C)C)(COC(=O)C(=C)C)COC(=O)C(=C)C. The number of carbonyl (C=O) groups excluding carboxylic acids is 8. The molecule has 0 unspecified atom stereocenters. The maximum absolute atomic E-state index is 12.9. The van der Waals surface area contributed by atoms with Crippen molar-refractivity contribution in [1.29, 1.82) is 0 Å². The Balaban J connectivity index is 6.39. The van der Waals surface area contributed by atoms with E-state index in [1.54, 1.807) is 0 Å². The van der Waals surface area contributed by atoms with Crippen LogP contribution in [0.25, 0.3) is 0 Å². The third-order valence-corrected chi connectivity index (χ3v) is 6.30. The summed E-state index contributed by atoms with van der Waals surface area (Å²) in [7, 11) is 0. The summed E-state index contributed by atoms with van der Waals surface area (Å²) in [4.78, 5) is 99.0. The van der Waals surface area contributed by atoms with E-state index in [0.29, 0.717) is 0 Å². The summed E-state index contributed by atoms with van der Waals surface area (Å²) < 4.78 is 41.6. The fourth-order valence-electron chi connectivity index (χ4n) is 3.10. The monoisotopic (exact) mass is 722 g/mol. The summed E-state index contributed by atoms with van der Waals surface area (Å²) in [6, 6.07) is 0. The van der Waals surface area contributed by atoms with Gasteiger partial charge in [-0.25, -0.2) is 33.6 Å². The van der Waals surface area contributed by atoms with E-state index in [1.807, 2.05) is 0 Å². The molecule has 0 radical (unpaired) electrons. The van der Waals surface area contributed by atoms with Crippen molar-refractivity contribution >= 4 is 47.8 Å². The van der Waals surface area contributed by atoms with Gasteiger partial charge in [0.25, 0.3) is 0 Å². The molecule has 0 amide bonds. The van der Waals surface area contributed by atoms with Gasteiger partial charge in [-0.05, 0) is 34.6 Å². The van der Waals surface area contributed by atoms with E-state index >= 15 is 0 Å². The molecule has 16 nitrogen and oxygen atoms in total. The Morgan fingerprint density at radius 3 is 0.706 bits per heavy atom. The molecule has 0 aromatic carbocycles. The zero-order valence-electron chi connectivity index (χ0n) is 29.9. The Bertz CT molecular complexity index is 1330. The number of carbonyl (C=O) groups is 8. The first-order valence-electron chi connectivity index (χ1n) is 15.2. The second kappa shape index (κ2) is 21.5. The minimum atomic E-state index is -1.77. The van der Waals surface area contributed by atoms with Gasteiger partial charge in [-0.15, -0.1) is 0 Å². The largest absolute Gasteiger partial charge is 0.465 e. The van der Waals surface area contributed by atoms with Gasteiger partial charge in [0, 0.05) is 34.3 Å². The molecule has 0 aromatic rings. The lowest BCUT2D eigenvalue weighted by Gasteiger charge is -2.32. The lowest BCUT2D eigenvalue weighted by Crippen LogP contribution is -2.46. The van der Waals surface area contributed by atoms with Gasteiger partial charge in [0.05, 0.1) is 0 Å². The van der Waals surface area contributed by atoms with Crippen LogP contribution in [0.15, 0.2) is 60.8 Å². The van der Waals surface area contributed by atoms with Crippen molar-refractivity contribution < 1.29 is 76.3 Å². The Kier molecular flexibility index (Phi) is 19.2. The van der Waals surface area contributed by atoms with Gasteiger partial charge in [-0.2, -0.15) is 0 Å². The van der Waals surface area contributed by atoms with Crippen molar-refractivity contribution in [2.75, 3.05) is 52.9 Å². The second-order valence-electron chi connectivity index (χ2n) is 11.9.